The van der Waals surface area contributed by atoms with Gasteiger partial charge in [0.15, 0.2) is 0 Å². The van der Waals surface area contributed by atoms with Crippen LogP contribution in [-0.2, 0) is 17.8 Å². The van der Waals surface area contributed by atoms with E-state index in [2.05, 4.69) is 31.3 Å². The Labute approximate surface area is 173 Å². The maximum Gasteiger partial charge on any atom is 0.255 e. The van der Waals surface area contributed by atoms with Crippen molar-refractivity contribution in [2.75, 3.05) is 6.54 Å². The first-order chi connectivity index (χ1) is 13.9. The number of carbonyl (C=O) groups excluding carboxylic acids is 1. The van der Waals surface area contributed by atoms with Gasteiger partial charge in [0.2, 0.25) is 5.96 Å². The van der Waals surface area contributed by atoms with Gasteiger partial charge < -0.3 is 10.4 Å². The lowest BCUT2D eigenvalue weighted by Crippen LogP contribution is -2.45. The topological polar surface area (TPSA) is 64.9 Å². The zero-order valence-electron chi connectivity index (χ0n) is 17.6. The van der Waals surface area contributed by atoms with Crippen molar-refractivity contribution in [3.05, 3.63) is 65.7 Å². The maximum atomic E-state index is 13.2. The van der Waals surface area contributed by atoms with Crippen molar-refractivity contribution < 1.29 is 9.90 Å². The molecule has 0 aliphatic carbocycles. The normalized spacial score (nSPS) is 20.5. The summed E-state index contributed by atoms with van der Waals surface area (Å²) in [5.41, 5.74) is 1.53. The molecule has 5 heteroatoms. The van der Waals surface area contributed by atoms with Crippen LogP contribution >= 0.6 is 0 Å². The van der Waals surface area contributed by atoms with Gasteiger partial charge >= 0.3 is 0 Å². The van der Waals surface area contributed by atoms with Crippen LogP contribution in [0.3, 0.4) is 0 Å². The van der Waals surface area contributed by atoms with Gasteiger partial charge in [0.1, 0.15) is 11.3 Å². The molecule has 0 bridgehead atoms. The smallest absolute Gasteiger partial charge is 0.255 e. The van der Waals surface area contributed by atoms with E-state index in [1.165, 1.54) is 5.56 Å². The number of rotatable bonds is 8. The van der Waals surface area contributed by atoms with Crippen LogP contribution in [0, 0.1) is 5.92 Å². The van der Waals surface area contributed by atoms with E-state index in [1.54, 1.807) is 23.1 Å². The summed E-state index contributed by atoms with van der Waals surface area (Å²) in [6.45, 7) is 7.24. The van der Waals surface area contributed by atoms with Crippen LogP contribution in [0.15, 0.2) is 59.6 Å². The second-order valence-electron chi connectivity index (χ2n) is 8.41. The average Bonchev–Trinajstić information content (AvgIpc) is 2.90. The molecule has 1 unspecified atom stereocenters. The summed E-state index contributed by atoms with van der Waals surface area (Å²) in [6, 6.07) is 17.4. The summed E-state index contributed by atoms with van der Waals surface area (Å²) in [4.78, 5) is 19.7. The summed E-state index contributed by atoms with van der Waals surface area (Å²) in [6.07, 6.45) is 2.62. The van der Waals surface area contributed by atoms with Crippen LogP contribution in [0.2, 0.25) is 0 Å². The van der Waals surface area contributed by atoms with Crippen LogP contribution in [-0.4, -0.2) is 34.0 Å². The minimum Gasteiger partial charge on any atom is -0.508 e. The predicted octanol–water partition coefficient (Wildman–Crippen LogP) is 4.12. The zero-order valence-corrected chi connectivity index (χ0v) is 17.6. The van der Waals surface area contributed by atoms with E-state index in [1.807, 2.05) is 31.2 Å². The lowest BCUT2D eigenvalue weighted by molar-refractivity contribution is -0.131. The SMILES string of the molecule is CC(C)CC1(C)N/C(=N\CCCc2ccccc2)N(Cc2cccc(O)c2)C1=O. The van der Waals surface area contributed by atoms with Crippen molar-refractivity contribution in [1.29, 1.82) is 0 Å². The molecule has 154 valence electrons. The second-order valence-corrected chi connectivity index (χ2v) is 8.41. The molecule has 1 aliphatic rings. The molecular weight excluding hydrogens is 362 g/mol. The van der Waals surface area contributed by atoms with Crippen LogP contribution in [0.25, 0.3) is 0 Å². The van der Waals surface area contributed by atoms with Gasteiger partial charge in [0.05, 0.1) is 6.54 Å². The molecule has 1 saturated heterocycles. The number of hydrogen-bond acceptors (Lipinski definition) is 3. The van der Waals surface area contributed by atoms with E-state index in [0.29, 0.717) is 25.0 Å². The number of carbonyl (C=O) groups is 1. The van der Waals surface area contributed by atoms with Crippen LogP contribution < -0.4 is 5.32 Å². The molecule has 2 aromatic carbocycles. The monoisotopic (exact) mass is 393 g/mol. The Kier molecular flexibility index (Phi) is 6.57. The first kappa shape index (κ1) is 20.9. The maximum absolute atomic E-state index is 13.2. The number of nitrogens with zero attached hydrogens (tertiary/aromatic N) is 2. The molecule has 0 saturated carbocycles. The summed E-state index contributed by atoms with van der Waals surface area (Å²) in [5.74, 6) is 1.26. The Morgan fingerprint density at radius 3 is 2.52 bits per heavy atom. The number of guanidine groups is 1. The first-order valence-electron chi connectivity index (χ1n) is 10.3. The van der Waals surface area contributed by atoms with Crippen molar-refractivity contribution in [1.82, 2.24) is 10.2 Å². The van der Waals surface area contributed by atoms with Crippen LogP contribution in [0.5, 0.6) is 5.75 Å². The zero-order chi connectivity index (χ0) is 20.9. The summed E-state index contributed by atoms with van der Waals surface area (Å²) in [5, 5.41) is 13.2. The molecule has 0 radical (unpaired) electrons. The molecular formula is C24H31N3O2. The molecule has 29 heavy (non-hydrogen) atoms. The highest BCUT2D eigenvalue weighted by molar-refractivity contribution is 6.08. The highest BCUT2D eigenvalue weighted by Gasteiger charge is 2.46. The van der Waals surface area contributed by atoms with E-state index in [4.69, 9.17) is 4.99 Å². The van der Waals surface area contributed by atoms with Crippen molar-refractivity contribution in [3.63, 3.8) is 0 Å². The van der Waals surface area contributed by atoms with E-state index >= 15 is 0 Å². The van der Waals surface area contributed by atoms with Gasteiger partial charge in [0, 0.05) is 6.54 Å². The molecule has 3 rings (SSSR count). The van der Waals surface area contributed by atoms with Crippen molar-refractivity contribution in [2.24, 2.45) is 10.9 Å². The molecule has 1 heterocycles. The average molecular weight is 394 g/mol. The van der Waals surface area contributed by atoms with Gasteiger partial charge in [-0.15, -0.1) is 0 Å². The van der Waals surface area contributed by atoms with Crippen LogP contribution in [0.4, 0.5) is 0 Å². The molecule has 0 aromatic heterocycles. The molecule has 2 N–H and O–H groups in total. The molecule has 1 aliphatic heterocycles. The minimum atomic E-state index is -0.650. The molecule has 1 amide bonds. The third-order valence-corrected chi connectivity index (χ3v) is 5.16. The quantitative estimate of drug-likeness (QED) is 0.663. The fraction of sp³-hybridized carbons (Fsp3) is 0.417. The van der Waals surface area contributed by atoms with Gasteiger partial charge in [0.25, 0.3) is 5.91 Å². The van der Waals surface area contributed by atoms with E-state index in [0.717, 1.165) is 24.8 Å². The highest BCUT2D eigenvalue weighted by Crippen LogP contribution is 2.27. The molecule has 1 atom stereocenters. The Balaban J connectivity index is 1.74. The third-order valence-electron chi connectivity index (χ3n) is 5.16. The number of aryl methyl sites for hydroxylation is 1. The number of aromatic hydroxyl groups is 1. The number of hydrogen-bond donors (Lipinski definition) is 2. The highest BCUT2D eigenvalue weighted by atomic mass is 16.3. The van der Waals surface area contributed by atoms with Gasteiger partial charge in [-0.1, -0.05) is 56.3 Å². The van der Waals surface area contributed by atoms with Gasteiger partial charge in [-0.25, -0.2) is 0 Å². The molecule has 5 nitrogen and oxygen atoms in total. The second kappa shape index (κ2) is 9.12. The Morgan fingerprint density at radius 2 is 1.83 bits per heavy atom. The Morgan fingerprint density at radius 1 is 1.10 bits per heavy atom. The van der Waals surface area contributed by atoms with Crippen molar-refractivity contribution >= 4 is 11.9 Å². The minimum absolute atomic E-state index is 0.0383. The fourth-order valence-electron chi connectivity index (χ4n) is 3.94. The number of amides is 1. The predicted molar refractivity (Wildman–Crippen MR) is 117 cm³/mol. The number of nitrogens with one attached hydrogen (secondary N) is 1. The first-order valence-corrected chi connectivity index (χ1v) is 10.3. The summed E-state index contributed by atoms with van der Waals surface area (Å²) in [7, 11) is 0. The van der Waals surface area contributed by atoms with Gasteiger partial charge in [-0.2, -0.15) is 0 Å². The molecule has 0 spiro atoms. The number of phenols is 1. The lowest BCUT2D eigenvalue weighted by atomic mass is 9.91. The van der Waals surface area contributed by atoms with Gasteiger partial charge in [-0.3, -0.25) is 14.7 Å². The standard InChI is InChI=1S/C24H31N3O2/c1-18(2)16-24(3)22(29)27(17-20-11-7-13-21(28)15-20)23(26-24)25-14-8-12-19-9-5-4-6-10-19/h4-7,9-11,13,15,18,28H,8,12,14,16-17H2,1-3H3,(H,25,26). The van der Waals surface area contributed by atoms with E-state index in [-0.39, 0.29) is 11.7 Å². The van der Waals surface area contributed by atoms with E-state index in [9.17, 15) is 9.90 Å². The largest absolute Gasteiger partial charge is 0.508 e. The van der Waals surface area contributed by atoms with E-state index < -0.39 is 5.54 Å². The molecule has 2 aromatic rings. The van der Waals surface area contributed by atoms with Crippen molar-refractivity contribution in [3.8, 4) is 5.75 Å². The number of phenolic OH excluding ortho intramolecular Hbond substituents is 1. The van der Waals surface area contributed by atoms with Crippen LogP contribution in [0.1, 0.15) is 44.7 Å². The number of benzene rings is 2. The van der Waals surface area contributed by atoms with Gasteiger partial charge in [-0.05, 0) is 55.4 Å². The summed E-state index contributed by atoms with van der Waals surface area (Å²) < 4.78 is 0. The molecule has 1 fully saturated rings. The fourth-order valence-corrected chi connectivity index (χ4v) is 3.94. The Hall–Kier alpha value is -2.82. The summed E-state index contributed by atoms with van der Waals surface area (Å²) >= 11 is 0. The number of aliphatic imine (C=N–C) groups is 1. The Bertz CT molecular complexity index is 863. The lowest BCUT2D eigenvalue weighted by Gasteiger charge is -2.24. The van der Waals surface area contributed by atoms with Crippen molar-refractivity contribution in [2.45, 2.75) is 52.1 Å². The third kappa shape index (κ3) is 5.37.